The molecule has 0 aromatic carbocycles. The fourth-order valence-corrected chi connectivity index (χ4v) is 4.91. The molecule has 9 heteroatoms. The van der Waals surface area contributed by atoms with Gasteiger partial charge in [-0.3, -0.25) is 4.57 Å². The summed E-state index contributed by atoms with van der Waals surface area (Å²) in [5.74, 6) is -0.165. The van der Waals surface area contributed by atoms with Gasteiger partial charge in [-0.25, -0.2) is 19.3 Å². The predicted octanol–water partition coefficient (Wildman–Crippen LogP) is 4.52. The van der Waals surface area contributed by atoms with Crippen LogP contribution in [0.5, 0.6) is 0 Å². The van der Waals surface area contributed by atoms with Gasteiger partial charge in [0.15, 0.2) is 31.0 Å². The number of hydrogen-bond acceptors (Lipinski definition) is 5. The van der Waals surface area contributed by atoms with Crippen LogP contribution in [0.25, 0.3) is 11.2 Å². The lowest BCUT2D eigenvalue weighted by Gasteiger charge is -2.41. The summed E-state index contributed by atoms with van der Waals surface area (Å²) in [4.78, 5) is 12.4. The molecule has 3 heterocycles. The molecule has 1 aliphatic carbocycles. The molecule has 0 bridgehead atoms. The molecular formula is C18H26ClFN4O2Si. The number of halogens is 2. The van der Waals surface area contributed by atoms with E-state index in [9.17, 15) is 0 Å². The Kier molecular flexibility index (Phi) is 4.42. The molecule has 6 nitrogen and oxygen atoms in total. The molecule has 148 valence electrons. The van der Waals surface area contributed by atoms with E-state index in [-0.39, 0.29) is 22.2 Å². The summed E-state index contributed by atoms with van der Waals surface area (Å²) < 4.78 is 29.9. The van der Waals surface area contributed by atoms with E-state index >= 15 is 4.39 Å². The molecule has 1 aliphatic heterocycles. The molecule has 4 atom stereocenters. The van der Waals surface area contributed by atoms with Gasteiger partial charge in [0, 0.05) is 5.92 Å². The van der Waals surface area contributed by atoms with Crippen LogP contribution in [0.3, 0.4) is 0 Å². The summed E-state index contributed by atoms with van der Waals surface area (Å²) in [6, 6.07) is 0. The first-order valence-corrected chi connectivity index (χ1v) is 12.6. The quantitative estimate of drug-likeness (QED) is 0.545. The number of fused-ring (bicyclic) bond motifs is 2. The molecule has 2 aliphatic rings. The molecule has 2 fully saturated rings. The highest BCUT2D eigenvalue weighted by atomic mass is 35.5. The minimum absolute atomic E-state index is 0.103. The van der Waals surface area contributed by atoms with Crippen molar-refractivity contribution in [2.75, 3.05) is 6.61 Å². The van der Waals surface area contributed by atoms with Gasteiger partial charge in [0.2, 0.25) is 0 Å². The fourth-order valence-electron chi connectivity index (χ4n) is 3.72. The minimum atomic E-state index is -1.92. The van der Waals surface area contributed by atoms with E-state index in [0.29, 0.717) is 24.2 Å². The lowest BCUT2D eigenvalue weighted by Crippen LogP contribution is -2.49. The highest BCUT2D eigenvalue weighted by Gasteiger charge is 2.64. The van der Waals surface area contributed by atoms with Crippen LogP contribution in [-0.4, -0.2) is 46.2 Å². The lowest BCUT2D eigenvalue weighted by molar-refractivity contribution is -0.0733. The van der Waals surface area contributed by atoms with Gasteiger partial charge in [-0.2, -0.15) is 0 Å². The molecular weight excluding hydrogens is 387 g/mol. The smallest absolute Gasteiger partial charge is 0.192 e. The van der Waals surface area contributed by atoms with Crippen molar-refractivity contribution in [1.29, 1.82) is 0 Å². The van der Waals surface area contributed by atoms with Crippen molar-refractivity contribution < 1.29 is 13.6 Å². The number of aromatic nitrogens is 4. The molecule has 0 unspecified atom stereocenters. The standard InChI is InChI=1S/C18H26ClFN4O2Si/c1-17(2,3)27(4,5)25-8-12-11-6-7-18(11,20)16(26-12)24-10-23-13-14(19)21-9-22-15(13)24/h9-12,16H,6-8H2,1-5H3/t11-,12-,16+,18+/m1/s1. The number of rotatable bonds is 4. The SMILES string of the molecule is CC(C)(C)[Si](C)(C)OC[C@H]1O[C@H](n2cnc3c(Cl)ncnc32)[C@]2(F)CC[C@H]12. The second-order valence-electron chi connectivity index (χ2n) is 9.16. The zero-order valence-electron chi connectivity index (χ0n) is 16.4. The molecule has 0 spiro atoms. The predicted molar refractivity (Wildman–Crippen MR) is 104 cm³/mol. The molecule has 1 saturated heterocycles. The van der Waals surface area contributed by atoms with E-state index < -0.39 is 20.2 Å². The Hall–Kier alpha value is -1.09. The first-order chi connectivity index (χ1) is 12.5. The van der Waals surface area contributed by atoms with Crippen molar-refractivity contribution >= 4 is 31.1 Å². The summed E-state index contributed by atoms with van der Waals surface area (Å²) in [5.41, 5.74) is -0.469. The van der Waals surface area contributed by atoms with Gasteiger partial charge in [-0.1, -0.05) is 32.4 Å². The van der Waals surface area contributed by atoms with E-state index in [1.54, 1.807) is 10.9 Å². The van der Waals surface area contributed by atoms with Crippen molar-refractivity contribution in [3.05, 3.63) is 17.8 Å². The highest BCUT2D eigenvalue weighted by Crippen LogP contribution is 2.58. The number of ether oxygens (including phenoxy) is 1. The topological polar surface area (TPSA) is 62.1 Å². The summed E-state index contributed by atoms with van der Waals surface area (Å²) in [6.45, 7) is 11.4. The monoisotopic (exact) mass is 412 g/mol. The van der Waals surface area contributed by atoms with Gasteiger partial charge in [0.25, 0.3) is 0 Å². The zero-order chi connectivity index (χ0) is 19.6. The van der Waals surface area contributed by atoms with E-state index in [0.717, 1.165) is 6.42 Å². The Bertz CT molecular complexity index is 871. The molecule has 0 amide bonds. The van der Waals surface area contributed by atoms with Crippen LogP contribution in [0.4, 0.5) is 4.39 Å². The number of hydrogen-bond donors (Lipinski definition) is 0. The summed E-state index contributed by atoms with van der Waals surface area (Å²) in [7, 11) is -1.92. The van der Waals surface area contributed by atoms with Gasteiger partial charge in [0.1, 0.15) is 11.8 Å². The first-order valence-electron chi connectivity index (χ1n) is 9.36. The van der Waals surface area contributed by atoms with E-state index in [2.05, 4.69) is 48.8 Å². The second kappa shape index (κ2) is 6.20. The Labute approximate surface area is 164 Å². The highest BCUT2D eigenvalue weighted by molar-refractivity contribution is 6.74. The molecule has 2 aromatic heterocycles. The third kappa shape index (κ3) is 2.92. The number of imidazole rings is 1. The Morgan fingerprint density at radius 3 is 2.74 bits per heavy atom. The number of nitrogens with zero attached hydrogens (tertiary/aromatic N) is 4. The van der Waals surface area contributed by atoms with Crippen molar-refractivity contribution in [2.45, 2.75) is 69.7 Å². The van der Waals surface area contributed by atoms with Crippen LogP contribution < -0.4 is 0 Å². The van der Waals surface area contributed by atoms with E-state index in [1.165, 1.54) is 6.33 Å². The van der Waals surface area contributed by atoms with Crippen molar-refractivity contribution in [2.24, 2.45) is 5.92 Å². The molecule has 0 radical (unpaired) electrons. The van der Waals surface area contributed by atoms with Crippen LogP contribution in [0.1, 0.15) is 39.8 Å². The number of alkyl halides is 1. The summed E-state index contributed by atoms with van der Waals surface area (Å²) >= 11 is 6.09. The van der Waals surface area contributed by atoms with Gasteiger partial charge in [-0.15, -0.1) is 0 Å². The Morgan fingerprint density at radius 2 is 2.11 bits per heavy atom. The van der Waals surface area contributed by atoms with E-state index in [4.69, 9.17) is 20.8 Å². The van der Waals surface area contributed by atoms with Crippen LogP contribution >= 0.6 is 11.6 Å². The molecule has 0 N–H and O–H groups in total. The maximum Gasteiger partial charge on any atom is 0.192 e. The van der Waals surface area contributed by atoms with Gasteiger partial charge in [-0.05, 0) is 31.0 Å². The van der Waals surface area contributed by atoms with Crippen molar-refractivity contribution in [3.63, 3.8) is 0 Å². The third-order valence-electron chi connectivity index (χ3n) is 6.60. The first kappa shape index (κ1) is 19.2. The average molecular weight is 413 g/mol. The Morgan fingerprint density at radius 1 is 1.37 bits per heavy atom. The van der Waals surface area contributed by atoms with Crippen molar-refractivity contribution in [3.8, 4) is 0 Å². The molecule has 4 rings (SSSR count). The molecule has 2 aromatic rings. The van der Waals surface area contributed by atoms with Gasteiger partial charge in [0.05, 0.1) is 19.0 Å². The zero-order valence-corrected chi connectivity index (χ0v) is 18.1. The van der Waals surface area contributed by atoms with Gasteiger partial charge >= 0.3 is 0 Å². The summed E-state index contributed by atoms with van der Waals surface area (Å²) in [6.07, 6.45) is 3.15. The molecule has 27 heavy (non-hydrogen) atoms. The van der Waals surface area contributed by atoms with E-state index in [1.807, 2.05) is 0 Å². The maximum absolute atomic E-state index is 15.8. The third-order valence-corrected chi connectivity index (χ3v) is 11.4. The van der Waals surface area contributed by atoms with Crippen LogP contribution in [0, 0.1) is 5.92 Å². The van der Waals surface area contributed by atoms with Gasteiger partial charge < -0.3 is 9.16 Å². The lowest BCUT2D eigenvalue weighted by atomic mass is 9.69. The maximum atomic E-state index is 15.8. The van der Waals surface area contributed by atoms with Crippen molar-refractivity contribution in [1.82, 2.24) is 19.5 Å². The average Bonchev–Trinajstić information content (AvgIpc) is 3.06. The van der Waals surface area contributed by atoms with Crippen LogP contribution in [0.2, 0.25) is 23.3 Å². The Balaban J connectivity index is 1.58. The molecule has 1 saturated carbocycles. The largest absolute Gasteiger partial charge is 0.414 e. The normalized spacial score (nSPS) is 31.1. The van der Waals surface area contributed by atoms with Crippen LogP contribution in [0.15, 0.2) is 12.7 Å². The van der Waals surface area contributed by atoms with Crippen LogP contribution in [-0.2, 0) is 9.16 Å². The fraction of sp³-hybridized carbons (Fsp3) is 0.722. The second-order valence-corrected chi connectivity index (χ2v) is 14.3. The minimum Gasteiger partial charge on any atom is -0.414 e. The summed E-state index contributed by atoms with van der Waals surface area (Å²) in [5, 5.41) is 0.360.